The van der Waals surface area contributed by atoms with Gasteiger partial charge in [0, 0.05) is 37.9 Å². The number of methoxy groups -OCH3 is 1. The molecule has 166 valence electrons. The van der Waals surface area contributed by atoms with Gasteiger partial charge in [0.25, 0.3) is 0 Å². The molecule has 0 spiro atoms. The molecule has 0 bridgehead atoms. The van der Waals surface area contributed by atoms with Gasteiger partial charge in [-0.05, 0) is 73.3 Å². The van der Waals surface area contributed by atoms with Crippen LogP contribution in [0.2, 0.25) is 0 Å². The molecule has 6 nitrogen and oxygen atoms in total. The summed E-state index contributed by atoms with van der Waals surface area (Å²) in [5.74, 6) is 1.32. The predicted octanol–water partition coefficient (Wildman–Crippen LogP) is 3.68. The van der Waals surface area contributed by atoms with Gasteiger partial charge in [-0.3, -0.25) is 9.69 Å². The fourth-order valence-corrected chi connectivity index (χ4v) is 4.97. The van der Waals surface area contributed by atoms with E-state index in [9.17, 15) is 4.79 Å². The van der Waals surface area contributed by atoms with Gasteiger partial charge in [0.1, 0.15) is 5.75 Å². The molecule has 2 aliphatic rings. The topological polar surface area (TPSA) is 50.6 Å². The Balaban J connectivity index is 1.22. The van der Waals surface area contributed by atoms with Crippen LogP contribution in [0.15, 0.2) is 60.9 Å². The van der Waals surface area contributed by atoms with Crippen LogP contribution in [0, 0.1) is 5.92 Å². The van der Waals surface area contributed by atoms with Crippen molar-refractivity contribution in [1.82, 2.24) is 19.6 Å². The van der Waals surface area contributed by atoms with Gasteiger partial charge in [0.15, 0.2) is 0 Å². The van der Waals surface area contributed by atoms with Crippen molar-refractivity contribution in [3.63, 3.8) is 0 Å². The third-order valence-electron chi connectivity index (χ3n) is 6.81. The molecule has 0 atom stereocenters. The van der Waals surface area contributed by atoms with E-state index in [2.05, 4.69) is 51.3 Å². The minimum absolute atomic E-state index is 0.132. The van der Waals surface area contributed by atoms with E-state index in [0.29, 0.717) is 5.91 Å². The predicted molar refractivity (Wildman–Crippen MR) is 124 cm³/mol. The Kier molecular flexibility index (Phi) is 5.95. The van der Waals surface area contributed by atoms with E-state index >= 15 is 0 Å². The zero-order chi connectivity index (χ0) is 21.9. The number of carbonyl (C=O) groups excluding carboxylic acids is 1. The Morgan fingerprint density at radius 1 is 1.06 bits per heavy atom. The highest BCUT2D eigenvalue weighted by Crippen LogP contribution is 2.27. The highest BCUT2D eigenvalue weighted by atomic mass is 16.5. The lowest BCUT2D eigenvalue weighted by Gasteiger charge is -2.36. The second kappa shape index (κ2) is 9.17. The molecule has 3 aromatic rings. The molecule has 6 heteroatoms. The number of piperidine rings is 1. The van der Waals surface area contributed by atoms with E-state index in [1.807, 2.05) is 23.0 Å². The Bertz CT molecular complexity index is 1070. The second-order valence-corrected chi connectivity index (χ2v) is 8.77. The standard InChI is InChI=1S/C26H30N4O2/c1-32-24-7-8-25(30-13-4-12-27-30)23(17-24)18-28-14-9-21(10-15-28)26(31)29-16-11-20-5-2-3-6-22(20)19-29/h2-8,12-13,17,21H,9-11,14-16,18-19H2,1H3. The average Bonchev–Trinajstić information content (AvgIpc) is 3.38. The van der Waals surface area contributed by atoms with E-state index in [4.69, 9.17) is 4.74 Å². The molecule has 3 heterocycles. The van der Waals surface area contributed by atoms with Crippen LogP contribution in [0.4, 0.5) is 0 Å². The molecule has 0 saturated carbocycles. The van der Waals surface area contributed by atoms with E-state index in [-0.39, 0.29) is 5.92 Å². The number of nitrogens with zero attached hydrogens (tertiary/aromatic N) is 4. The summed E-state index contributed by atoms with van der Waals surface area (Å²) in [5, 5.41) is 4.41. The van der Waals surface area contributed by atoms with Gasteiger partial charge >= 0.3 is 0 Å². The number of amides is 1. The number of rotatable bonds is 5. The van der Waals surface area contributed by atoms with E-state index < -0.39 is 0 Å². The highest BCUT2D eigenvalue weighted by Gasteiger charge is 2.30. The summed E-state index contributed by atoms with van der Waals surface area (Å²) in [5.41, 5.74) is 4.94. The number of benzene rings is 2. The van der Waals surface area contributed by atoms with E-state index in [1.165, 1.54) is 16.7 Å². The molecule has 2 aromatic carbocycles. The van der Waals surface area contributed by atoms with Gasteiger partial charge < -0.3 is 9.64 Å². The maximum absolute atomic E-state index is 13.2. The van der Waals surface area contributed by atoms with E-state index in [1.54, 1.807) is 13.3 Å². The normalized spacial score (nSPS) is 17.2. The van der Waals surface area contributed by atoms with Crippen molar-refractivity contribution >= 4 is 5.91 Å². The van der Waals surface area contributed by atoms with Crippen LogP contribution in [-0.2, 0) is 24.3 Å². The minimum Gasteiger partial charge on any atom is -0.497 e. The van der Waals surface area contributed by atoms with Crippen molar-refractivity contribution in [3.05, 3.63) is 77.6 Å². The van der Waals surface area contributed by atoms with Gasteiger partial charge in [0.05, 0.1) is 12.8 Å². The summed E-state index contributed by atoms with van der Waals surface area (Å²) < 4.78 is 7.36. The fourth-order valence-electron chi connectivity index (χ4n) is 4.97. The molecule has 2 aliphatic heterocycles. The first-order chi connectivity index (χ1) is 15.7. The maximum atomic E-state index is 13.2. The number of fused-ring (bicyclic) bond motifs is 1. The average molecular weight is 431 g/mol. The number of hydrogen-bond donors (Lipinski definition) is 0. The maximum Gasteiger partial charge on any atom is 0.226 e. The molecule has 0 radical (unpaired) electrons. The lowest BCUT2D eigenvalue weighted by molar-refractivity contribution is -0.138. The molecular formula is C26H30N4O2. The Hall–Kier alpha value is -3.12. The first-order valence-corrected chi connectivity index (χ1v) is 11.5. The monoisotopic (exact) mass is 430 g/mol. The van der Waals surface area contributed by atoms with Crippen molar-refractivity contribution < 1.29 is 9.53 Å². The largest absolute Gasteiger partial charge is 0.497 e. The third-order valence-corrected chi connectivity index (χ3v) is 6.81. The summed E-state index contributed by atoms with van der Waals surface area (Å²) in [6.45, 7) is 4.27. The second-order valence-electron chi connectivity index (χ2n) is 8.77. The zero-order valence-electron chi connectivity index (χ0n) is 18.6. The molecule has 1 amide bonds. The number of likely N-dealkylation sites (tertiary alicyclic amines) is 1. The zero-order valence-corrected chi connectivity index (χ0v) is 18.6. The van der Waals surface area contributed by atoms with Gasteiger partial charge in [-0.25, -0.2) is 4.68 Å². The Morgan fingerprint density at radius 3 is 2.62 bits per heavy atom. The van der Waals surface area contributed by atoms with Crippen LogP contribution >= 0.6 is 0 Å². The molecule has 1 saturated heterocycles. The molecule has 1 aromatic heterocycles. The molecule has 5 rings (SSSR count). The molecule has 1 fully saturated rings. The quantitative estimate of drug-likeness (QED) is 0.620. The van der Waals surface area contributed by atoms with Crippen molar-refractivity contribution in [2.24, 2.45) is 5.92 Å². The number of hydrogen-bond acceptors (Lipinski definition) is 4. The summed E-state index contributed by atoms with van der Waals surface area (Å²) in [7, 11) is 1.70. The van der Waals surface area contributed by atoms with Crippen LogP contribution in [0.1, 0.15) is 29.5 Å². The summed E-state index contributed by atoms with van der Waals surface area (Å²) in [6, 6.07) is 16.6. The molecule has 0 aliphatic carbocycles. The lowest BCUT2D eigenvalue weighted by Crippen LogP contribution is -2.44. The fraction of sp³-hybridized carbons (Fsp3) is 0.385. The van der Waals surface area contributed by atoms with Crippen LogP contribution in [0.3, 0.4) is 0 Å². The van der Waals surface area contributed by atoms with Crippen molar-refractivity contribution in [2.45, 2.75) is 32.4 Å². The van der Waals surface area contributed by atoms with E-state index in [0.717, 1.165) is 63.4 Å². The first kappa shape index (κ1) is 20.8. The Morgan fingerprint density at radius 2 is 1.88 bits per heavy atom. The van der Waals surface area contributed by atoms with Gasteiger partial charge in [-0.1, -0.05) is 24.3 Å². The van der Waals surface area contributed by atoms with Crippen LogP contribution in [0.5, 0.6) is 5.75 Å². The summed E-state index contributed by atoms with van der Waals surface area (Å²) in [4.78, 5) is 17.7. The first-order valence-electron chi connectivity index (χ1n) is 11.5. The number of ether oxygens (including phenoxy) is 1. The van der Waals surface area contributed by atoms with Crippen LogP contribution in [-0.4, -0.2) is 52.2 Å². The molecular weight excluding hydrogens is 400 g/mol. The highest BCUT2D eigenvalue weighted by molar-refractivity contribution is 5.79. The Labute approximate surface area is 189 Å². The lowest BCUT2D eigenvalue weighted by atomic mass is 9.92. The third kappa shape index (κ3) is 4.28. The van der Waals surface area contributed by atoms with Crippen molar-refractivity contribution in [1.29, 1.82) is 0 Å². The minimum atomic E-state index is 0.132. The van der Waals surface area contributed by atoms with Crippen LogP contribution < -0.4 is 4.74 Å². The van der Waals surface area contributed by atoms with Gasteiger partial charge in [0.2, 0.25) is 5.91 Å². The number of aromatic nitrogens is 2. The SMILES string of the molecule is COc1ccc(-n2cccn2)c(CN2CCC(C(=O)N3CCc4ccccc4C3)CC2)c1. The number of carbonyl (C=O) groups is 1. The molecule has 0 N–H and O–H groups in total. The van der Waals surface area contributed by atoms with Crippen molar-refractivity contribution in [2.75, 3.05) is 26.7 Å². The van der Waals surface area contributed by atoms with Gasteiger partial charge in [-0.2, -0.15) is 5.10 Å². The summed E-state index contributed by atoms with van der Waals surface area (Å²) in [6.07, 6.45) is 6.56. The smallest absolute Gasteiger partial charge is 0.226 e. The van der Waals surface area contributed by atoms with Crippen molar-refractivity contribution in [3.8, 4) is 11.4 Å². The summed E-state index contributed by atoms with van der Waals surface area (Å²) >= 11 is 0. The van der Waals surface area contributed by atoms with Crippen LogP contribution in [0.25, 0.3) is 5.69 Å². The van der Waals surface area contributed by atoms with Gasteiger partial charge in [-0.15, -0.1) is 0 Å². The molecule has 32 heavy (non-hydrogen) atoms. The molecule has 0 unspecified atom stereocenters.